The van der Waals surface area contributed by atoms with Crippen molar-refractivity contribution in [3.63, 3.8) is 0 Å². The van der Waals surface area contributed by atoms with Crippen molar-refractivity contribution in [2.75, 3.05) is 0 Å². The van der Waals surface area contributed by atoms with Gasteiger partial charge >= 0.3 is 151 Å². The Bertz CT molecular complexity index is 849. The number of para-hydroxylation sites is 1. The molecule has 0 spiro atoms. The van der Waals surface area contributed by atoms with Gasteiger partial charge < -0.3 is 0 Å². The molecule has 0 saturated heterocycles. The Labute approximate surface area is 151 Å². The number of hydrogen-bond donors (Lipinski definition) is 1. The molecule has 0 radical (unpaired) electrons. The van der Waals surface area contributed by atoms with E-state index in [4.69, 9.17) is 0 Å². The summed E-state index contributed by atoms with van der Waals surface area (Å²) < 4.78 is 1.51. The number of rotatable bonds is 4. The zero-order valence-corrected chi connectivity index (χ0v) is 16.4. The first-order valence-electron chi connectivity index (χ1n) is 8.87. The Morgan fingerprint density at radius 1 is 1.08 bits per heavy atom. The molecule has 0 bridgehead atoms. The second-order valence-electron chi connectivity index (χ2n) is 7.68. The molecule has 1 N–H and O–H groups in total. The van der Waals surface area contributed by atoms with Crippen LogP contribution in [0.5, 0.6) is 0 Å². The summed E-state index contributed by atoms with van der Waals surface area (Å²) in [7, 11) is 0. The molecule has 1 heterocycles. The van der Waals surface area contributed by atoms with E-state index >= 15 is 0 Å². The van der Waals surface area contributed by atoms with Gasteiger partial charge in [-0.25, -0.2) is 0 Å². The van der Waals surface area contributed by atoms with Crippen molar-refractivity contribution in [2.24, 2.45) is 5.92 Å². The predicted molar refractivity (Wildman–Crippen MR) is 104 cm³/mol. The van der Waals surface area contributed by atoms with Crippen LogP contribution in [0.3, 0.4) is 0 Å². The van der Waals surface area contributed by atoms with E-state index in [0.717, 1.165) is 0 Å². The number of nitrogens with one attached hydrogen (secondary N) is 1. The van der Waals surface area contributed by atoms with Crippen LogP contribution in [0.4, 0.5) is 0 Å². The Morgan fingerprint density at radius 2 is 1.79 bits per heavy atom. The molecule has 0 saturated carbocycles. The third kappa shape index (κ3) is 2.62. The zero-order chi connectivity index (χ0) is 16.7. The van der Waals surface area contributed by atoms with Crippen LogP contribution >= 0.6 is 0 Å². The molecule has 1 aliphatic carbocycles. The minimum absolute atomic E-state index is 0.277. The topological polar surface area (TPSA) is 15.8 Å². The molecule has 0 fully saturated rings. The molecule has 124 valence electrons. The zero-order valence-electron chi connectivity index (χ0n) is 14.7. The van der Waals surface area contributed by atoms with Gasteiger partial charge in [0, 0.05) is 0 Å². The summed E-state index contributed by atoms with van der Waals surface area (Å²) in [5.41, 5.74) is 4.71. The molecule has 3 aromatic rings. The van der Waals surface area contributed by atoms with Gasteiger partial charge in [-0.05, 0) is 0 Å². The van der Waals surface area contributed by atoms with Crippen LogP contribution in [0.1, 0.15) is 44.4 Å². The van der Waals surface area contributed by atoms with E-state index in [0.29, 0.717) is 26.8 Å². The summed E-state index contributed by atoms with van der Waals surface area (Å²) in [4.78, 5) is 3.80. The SMILES string of the molecule is CC(C)C1CC(C)(C[Se]c2ccccc2)c2[nH]c3ccccc3c21. The van der Waals surface area contributed by atoms with Crippen LogP contribution in [-0.2, 0) is 5.41 Å². The summed E-state index contributed by atoms with van der Waals surface area (Å²) >= 11 is 0.524. The molecule has 0 amide bonds. The van der Waals surface area contributed by atoms with Crippen LogP contribution in [0, 0.1) is 5.92 Å². The summed E-state index contributed by atoms with van der Waals surface area (Å²) in [6.07, 6.45) is 1.28. The first-order valence-corrected chi connectivity index (χ1v) is 10.9. The molecular formula is C22H25NSe. The number of fused-ring (bicyclic) bond motifs is 3. The van der Waals surface area contributed by atoms with E-state index in [2.05, 4.69) is 80.4 Å². The van der Waals surface area contributed by atoms with Crippen molar-refractivity contribution in [1.82, 2.24) is 4.98 Å². The summed E-state index contributed by atoms with van der Waals surface area (Å²) in [5, 5.41) is 2.72. The van der Waals surface area contributed by atoms with Gasteiger partial charge in [0.15, 0.2) is 0 Å². The van der Waals surface area contributed by atoms with Crippen molar-refractivity contribution in [1.29, 1.82) is 0 Å². The monoisotopic (exact) mass is 383 g/mol. The fraction of sp³-hybridized carbons (Fsp3) is 0.364. The van der Waals surface area contributed by atoms with Crippen molar-refractivity contribution in [3.05, 3.63) is 65.9 Å². The van der Waals surface area contributed by atoms with Crippen LogP contribution in [-0.4, -0.2) is 19.9 Å². The normalized spacial score (nSPS) is 23.1. The maximum absolute atomic E-state index is 3.80. The quantitative estimate of drug-likeness (QED) is 0.610. The number of benzene rings is 2. The second kappa shape index (κ2) is 6.10. The number of aromatic nitrogens is 1. The average molecular weight is 382 g/mol. The standard InChI is InChI=1S/C22H25NSe/c1-15(2)18-13-22(3,14-24-16-9-5-4-6-10-16)21-20(18)17-11-7-8-12-19(17)23-21/h4-12,15,18,23H,13-14H2,1-3H3. The predicted octanol–water partition coefficient (Wildman–Crippen LogP) is 5.02. The fourth-order valence-corrected chi connectivity index (χ4v) is 6.48. The first kappa shape index (κ1) is 16.0. The molecular weight excluding hydrogens is 357 g/mol. The van der Waals surface area contributed by atoms with E-state index in [-0.39, 0.29) is 5.41 Å². The van der Waals surface area contributed by atoms with Crippen molar-refractivity contribution >= 4 is 30.3 Å². The Kier molecular flexibility index (Phi) is 4.06. The van der Waals surface area contributed by atoms with Crippen molar-refractivity contribution in [3.8, 4) is 0 Å². The number of H-pyrrole nitrogens is 1. The molecule has 4 rings (SSSR count). The number of aromatic amines is 1. The van der Waals surface area contributed by atoms with Gasteiger partial charge in [0.25, 0.3) is 0 Å². The van der Waals surface area contributed by atoms with Crippen molar-refractivity contribution < 1.29 is 0 Å². The van der Waals surface area contributed by atoms with E-state index in [1.807, 2.05) is 0 Å². The van der Waals surface area contributed by atoms with Gasteiger partial charge in [0.1, 0.15) is 0 Å². The third-order valence-electron chi connectivity index (χ3n) is 5.50. The molecule has 2 aromatic carbocycles. The Balaban J connectivity index is 1.73. The van der Waals surface area contributed by atoms with Crippen LogP contribution in [0.25, 0.3) is 10.9 Å². The summed E-state index contributed by atoms with van der Waals surface area (Å²) in [5.74, 6) is 1.36. The van der Waals surface area contributed by atoms with Crippen LogP contribution in [0.2, 0.25) is 5.32 Å². The third-order valence-corrected chi connectivity index (χ3v) is 8.41. The summed E-state index contributed by atoms with van der Waals surface area (Å²) in [6.45, 7) is 7.24. The van der Waals surface area contributed by atoms with E-state index in [1.165, 1.54) is 32.8 Å². The maximum atomic E-state index is 3.80. The van der Waals surface area contributed by atoms with Crippen LogP contribution < -0.4 is 4.46 Å². The van der Waals surface area contributed by atoms with Gasteiger partial charge in [-0.2, -0.15) is 0 Å². The van der Waals surface area contributed by atoms with Gasteiger partial charge in [0.05, 0.1) is 0 Å². The van der Waals surface area contributed by atoms with E-state index in [9.17, 15) is 0 Å². The van der Waals surface area contributed by atoms with Gasteiger partial charge in [-0.3, -0.25) is 0 Å². The molecule has 2 heteroatoms. The molecule has 2 unspecified atom stereocenters. The summed E-state index contributed by atoms with van der Waals surface area (Å²) in [6, 6.07) is 19.9. The van der Waals surface area contributed by atoms with Gasteiger partial charge in [-0.1, -0.05) is 0 Å². The van der Waals surface area contributed by atoms with E-state index in [1.54, 1.807) is 5.56 Å². The van der Waals surface area contributed by atoms with Crippen LogP contribution in [0.15, 0.2) is 54.6 Å². The fourth-order valence-electron chi connectivity index (χ4n) is 4.17. The molecule has 1 nitrogen and oxygen atoms in total. The number of hydrogen-bond acceptors (Lipinski definition) is 0. The minimum atomic E-state index is 0.277. The first-order chi connectivity index (χ1) is 11.6. The molecule has 1 aromatic heterocycles. The second-order valence-corrected chi connectivity index (χ2v) is 9.88. The molecule has 2 atom stereocenters. The Hall–Kier alpha value is -1.50. The average Bonchev–Trinajstić information content (AvgIpc) is 3.11. The van der Waals surface area contributed by atoms with E-state index < -0.39 is 0 Å². The van der Waals surface area contributed by atoms with Crippen molar-refractivity contribution in [2.45, 2.75) is 43.8 Å². The molecule has 24 heavy (non-hydrogen) atoms. The molecule has 1 aliphatic rings. The Morgan fingerprint density at radius 3 is 2.54 bits per heavy atom. The van der Waals surface area contributed by atoms with Gasteiger partial charge in [-0.15, -0.1) is 0 Å². The molecule has 0 aliphatic heterocycles. The van der Waals surface area contributed by atoms with Gasteiger partial charge in [0.2, 0.25) is 0 Å².